The Balaban J connectivity index is 2.13. The van der Waals surface area contributed by atoms with Crippen molar-refractivity contribution in [3.63, 3.8) is 0 Å². The molecule has 1 fully saturated rings. The van der Waals surface area contributed by atoms with Crippen LogP contribution in [0.25, 0.3) is 0 Å². The summed E-state index contributed by atoms with van der Waals surface area (Å²) in [5.74, 6) is 0. The molecule has 2 aromatic carbocycles. The third-order valence-corrected chi connectivity index (χ3v) is 11.5. The Morgan fingerprint density at radius 2 is 1.59 bits per heavy atom. The fourth-order valence-electron chi connectivity index (χ4n) is 5.23. The number of ether oxygens (including phenoxy) is 2. The molecule has 4 atom stereocenters. The van der Waals surface area contributed by atoms with E-state index in [1.165, 1.54) is 10.4 Å². The summed E-state index contributed by atoms with van der Waals surface area (Å²) in [5, 5.41) is 13.1. The first-order valence-electron chi connectivity index (χ1n) is 11.4. The molecule has 0 amide bonds. The molecule has 1 saturated heterocycles. The molecule has 1 aliphatic rings. The summed E-state index contributed by atoms with van der Waals surface area (Å²) in [6.45, 7) is 13.2. The third-order valence-electron chi connectivity index (χ3n) is 6.54. The van der Waals surface area contributed by atoms with E-state index >= 15 is 0 Å². The number of methoxy groups -OCH3 is 1. The van der Waals surface area contributed by atoms with Crippen LogP contribution in [0.5, 0.6) is 0 Å². The van der Waals surface area contributed by atoms with E-state index in [0.29, 0.717) is 13.0 Å². The molecule has 6 heteroatoms. The van der Waals surface area contributed by atoms with E-state index in [1.807, 2.05) is 26.9 Å². The van der Waals surface area contributed by atoms with Crippen LogP contribution in [0.1, 0.15) is 34.1 Å². The highest BCUT2D eigenvalue weighted by molar-refractivity contribution is 6.99. The van der Waals surface area contributed by atoms with Gasteiger partial charge in [-0.05, 0) is 22.3 Å². The normalized spacial score (nSPS) is 26.2. The van der Waals surface area contributed by atoms with E-state index in [2.05, 4.69) is 75.9 Å². The molecule has 0 spiro atoms. The van der Waals surface area contributed by atoms with Crippen molar-refractivity contribution in [2.24, 2.45) is 0 Å². The Morgan fingerprint density at radius 3 is 2.00 bits per heavy atom. The number of rotatable bonds is 8. The maximum atomic E-state index is 10.8. The smallest absolute Gasteiger partial charge is 0.261 e. The lowest BCUT2D eigenvalue weighted by atomic mass is 9.86. The Labute approximate surface area is 195 Å². The molecule has 32 heavy (non-hydrogen) atoms. The van der Waals surface area contributed by atoms with Crippen LogP contribution < -0.4 is 10.4 Å². The van der Waals surface area contributed by atoms with Gasteiger partial charge in [-0.15, -0.1) is 6.58 Å². The number of aliphatic hydroxyl groups is 1. The maximum Gasteiger partial charge on any atom is 0.261 e. The first-order chi connectivity index (χ1) is 15.1. The van der Waals surface area contributed by atoms with E-state index in [-0.39, 0.29) is 11.0 Å². The van der Waals surface area contributed by atoms with E-state index < -0.39 is 26.1 Å². The molecule has 4 nitrogen and oxygen atoms in total. The van der Waals surface area contributed by atoms with Crippen LogP contribution in [0.15, 0.2) is 72.8 Å². The third kappa shape index (κ3) is 4.52. The topological polar surface area (TPSA) is 47.9 Å². The molecule has 172 valence electrons. The van der Waals surface area contributed by atoms with Gasteiger partial charge in [-0.1, -0.05) is 87.0 Å². The average Bonchev–Trinajstić information content (AvgIpc) is 2.97. The SMILES string of the molecule is B[C@@H]1O[C@@](CO[Si](c2ccccc2)(c2ccccc2)C(C)(C)C)(CC(=C)C)[C@@H](OC)[C@H]1O. The predicted octanol–water partition coefficient (Wildman–Crippen LogP) is 2.63. The van der Waals surface area contributed by atoms with Crippen LogP contribution in [-0.4, -0.2) is 58.8 Å². The minimum Gasteiger partial charge on any atom is -0.404 e. The van der Waals surface area contributed by atoms with Crippen LogP contribution in [0, 0.1) is 0 Å². The summed E-state index contributed by atoms with van der Waals surface area (Å²) in [6, 6.07) is 20.8. The molecule has 2 aromatic rings. The van der Waals surface area contributed by atoms with Gasteiger partial charge in [0.1, 0.15) is 25.7 Å². The molecule has 1 aliphatic heterocycles. The minimum atomic E-state index is -2.75. The summed E-state index contributed by atoms with van der Waals surface area (Å²) in [6.07, 6.45) is -0.653. The minimum absolute atomic E-state index is 0.147. The van der Waals surface area contributed by atoms with Gasteiger partial charge in [0.25, 0.3) is 8.32 Å². The number of hydrogen-bond acceptors (Lipinski definition) is 4. The lowest BCUT2D eigenvalue weighted by molar-refractivity contribution is -0.108. The Morgan fingerprint density at radius 1 is 1.09 bits per heavy atom. The Bertz CT molecular complexity index is 860. The average molecular weight is 452 g/mol. The van der Waals surface area contributed by atoms with Crippen LogP contribution >= 0.6 is 0 Å². The Hall–Kier alpha value is -1.70. The van der Waals surface area contributed by atoms with Gasteiger partial charge < -0.3 is 19.0 Å². The van der Waals surface area contributed by atoms with E-state index in [9.17, 15) is 5.11 Å². The standard InChI is InChI=1S/C26H37BO4Si/c1-19(2)17-26(23(29-6)22(28)24(27)31-26)18-30-32(25(3,4)5,20-13-9-7-10-14-20)21-15-11-8-12-16-21/h7-16,22-24,28H,1,17-18,27H2,2-6H3/t22-,23+,24-,26-/m1/s1. The quantitative estimate of drug-likeness (QED) is 0.494. The summed E-state index contributed by atoms with van der Waals surface area (Å²) < 4.78 is 19.4. The van der Waals surface area contributed by atoms with Crippen molar-refractivity contribution in [1.82, 2.24) is 0 Å². The molecule has 1 heterocycles. The summed E-state index contributed by atoms with van der Waals surface area (Å²) in [5.41, 5.74) is 0.173. The van der Waals surface area contributed by atoms with Crippen molar-refractivity contribution in [2.75, 3.05) is 13.7 Å². The lowest BCUT2D eigenvalue weighted by Gasteiger charge is -2.46. The van der Waals surface area contributed by atoms with Crippen molar-refractivity contribution in [3.05, 3.63) is 72.8 Å². The lowest BCUT2D eigenvalue weighted by Crippen LogP contribution is -2.68. The van der Waals surface area contributed by atoms with E-state index in [4.69, 9.17) is 13.9 Å². The first-order valence-corrected chi connectivity index (χ1v) is 13.3. The Kier molecular flexibility index (Phi) is 7.52. The zero-order valence-corrected chi connectivity index (χ0v) is 21.3. The molecular weight excluding hydrogens is 415 g/mol. The zero-order chi connectivity index (χ0) is 23.6. The molecule has 0 saturated carbocycles. The predicted molar refractivity (Wildman–Crippen MR) is 136 cm³/mol. The van der Waals surface area contributed by atoms with E-state index in [0.717, 1.165) is 5.57 Å². The molecular formula is C26H37BO4Si. The second-order valence-electron chi connectivity index (χ2n) is 10.1. The van der Waals surface area contributed by atoms with E-state index in [1.54, 1.807) is 7.11 Å². The van der Waals surface area contributed by atoms with Crippen molar-refractivity contribution < 1.29 is 19.0 Å². The van der Waals surface area contributed by atoms with Gasteiger partial charge in [-0.3, -0.25) is 0 Å². The van der Waals surface area contributed by atoms with Crippen molar-refractivity contribution >= 4 is 26.5 Å². The molecule has 3 rings (SSSR count). The maximum absolute atomic E-state index is 10.8. The number of benzene rings is 2. The van der Waals surface area contributed by atoms with Gasteiger partial charge in [0.15, 0.2) is 0 Å². The van der Waals surface area contributed by atoms with Crippen molar-refractivity contribution in [2.45, 2.75) is 63.0 Å². The van der Waals surface area contributed by atoms with Gasteiger partial charge in [0.05, 0.1) is 12.6 Å². The van der Waals surface area contributed by atoms with Crippen molar-refractivity contribution in [1.29, 1.82) is 0 Å². The highest BCUT2D eigenvalue weighted by Crippen LogP contribution is 2.41. The molecule has 0 bridgehead atoms. The highest BCUT2D eigenvalue weighted by atomic mass is 28.4. The molecule has 0 aliphatic carbocycles. The van der Waals surface area contributed by atoms with Gasteiger partial charge in [0, 0.05) is 13.5 Å². The second kappa shape index (κ2) is 9.66. The summed E-state index contributed by atoms with van der Waals surface area (Å²) in [7, 11) is 0.771. The molecule has 0 unspecified atom stereocenters. The first kappa shape index (κ1) is 24.9. The summed E-state index contributed by atoms with van der Waals surface area (Å²) in [4.78, 5) is 0. The second-order valence-corrected chi connectivity index (χ2v) is 14.4. The summed E-state index contributed by atoms with van der Waals surface area (Å²) >= 11 is 0. The number of aliphatic hydroxyl groups excluding tert-OH is 1. The van der Waals surface area contributed by atoms with Crippen LogP contribution in [0.4, 0.5) is 0 Å². The van der Waals surface area contributed by atoms with Gasteiger partial charge in [0.2, 0.25) is 0 Å². The fourth-order valence-corrected chi connectivity index (χ4v) is 9.85. The van der Waals surface area contributed by atoms with Crippen LogP contribution in [-0.2, 0) is 13.9 Å². The largest absolute Gasteiger partial charge is 0.404 e. The zero-order valence-electron chi connectivity index (χ0n) is 20.3. The number of hydrogen-bond donors (Lipinski definition) is 1. The van der Waals surface area contributed by atoms with Crippen molar-refractivity contribution in [3.8, 4) is 0 Å². The fraction of sp³-hybridized carbons (Fsp3) is 0.462. The highest BCUT2D eigenvalue weighted by Gasteiger charge is 2.57. The molecule has 0 radical (unpaired) electrons. The van der Waals surface area contributed by atoms with Crippen LogP contribution in [0.3, 0.4) is 0 Å². The molecule has 0 aromatic heterocycles. The molecule has 1 N–H and O–H groups in total. The van der Waals surface area contributed by atoms with Gasteiger partial charge >= 0.3 is 0 Å². The van der Waals surface area contributed by atoms with Gasteiger partial charge in [-0.2, -0.15) is 0 Å². The van der Waals surface area contributed by atoms with Crippen LogP contribution in [0.2, 0.25) is 5.04 Å². The van der Waals surface area contributed by atoms with Gasteiger partial charge in [-0.25, -0.2) is 0 Å². The monoisotopic (exact) mass is 452 g/mol.